The molecule has 0 saturated heterocycles. The van der Waals surface area contributed by atoms with E-state index >= 15 is 0 Å². The van der Waals surface area contributed by atoms with Crippen LogP contribution in [0.3, 0.4) is 0 Å². The molecule has 0 spiro atoms. The predicted octanol–water partition coefficient (Wildman–Crippen LogP) is 0.755. The molecule has 30 heavy (non-hydrogen) atoms. The van der Waals surface area contributed by atoms with Crippen molar-refractivity contribution in [2.75, 3.05) is 0 Å². The second kappa shape index (κ2) is 12.0. The molecule has 0 radical (unpaired) electrons. The van der Waals surface area contributed by atoms with Crippen LogP contribution in [0.25, 0.3) is 0 Å². The third-order valence-corrected chi connectivity index (χ3v) is 4.02. The number of halogens is 3. The third-order valence-electron chi connectivity index (χ3n) is 4.02. The minimum Gasteiger partial charge on any atom is -0.478 e. The number of alkyl halides is 3. The molecule has 13 heteroatoms. The molecule has 0 saturated carbocycles. The largest absolute Gasteiger partial charge is 0.490 e. The van der Waals surface area contributed by atoms with Crippen LogP contribution >= 0.6 is 0 Å². The van der Waals surface area contributed by atoms with Gasteiger partial charge in [0.2, 0.25) is 5.91 Å². The fourth-order valence-electron chi connectivity index (χ4n) is 2.66. The SMILES string of the molecule is CCC(CC)OC1CC(C(=O)O)=CC(N=C(N)N)C1NC(C)=O.O=C(O)C(F)(F)F. The first kappa shape index (κ1) is 27.2. The number of nitrogens with zero attached hydrogens (tertiary/aromatic N) is 1. The van der Waals surface area contributed by atoms with Crippen LogP contribution in [0.15, 0.2) is 16.6 Å². The Bertz CT molecular complexity index is 673. The van der Waals surface area contributed by atoms with E-state index in [-0.39, 0.29) is 30.0 Å². The third kappa shape index (κ3) is 9.58. The van der Waals surface area contributed by atoms with Crippen LogP contribution in [-0.2, 0) is 19.1 Å². The average Bonchev–Trinajstić information content (AvgIpc) is 2.60. The number of carbonyl (C=O) groups excluding carboxylic acids is 1. The van der Waals surface area contributed by atoms with Crippen LogP contribution in [0.1, 0.15) is 40.0 Å². The van der Waals surface area contributed by atoms with E-state index in [0.717, 1.165) is 12.8 Å². The Kier molecular flexibility index (Phi) is 10.9. The lowest BCUT2D eigenvalue weighted by Gasteiger charge is -2.36. The molecule has 7 N–H and O–H groups in total. The Labute approximate surface area is 171 Å². The lowest BCUT2D eigenvalue weighted by molar-refractivity contribution is -0.192. The van der Waals surface area contributed by atoms with Gasteiger partial charge in [0, 0.05) is 18.9 Å². The van der Waals surface area contributed by atoms with Crippen molar-refractivity contribution in [1.29, 1.82) is 0 Å². The predicted molar refractivity (Wildman–Crippen MR) is 100 cm³/mol. The number of aliphatic imine (C=N–C) groups is 1. The maximum atomic E-state index is 11.5. The van der Waals surface area contributed by atoms with Crippen LogP contribution in [0.2, 0.25) is 0 Å². The summed E-state index contributed by atoms with van der Waals surface area (Å²) in [5.74, 6) is -4.22. The zero-order valence-electron chi connectivity index (χ0n) is 16.8. The Morgan fingerprint density at radius 2 is 1.77 bits per heavy atom. The normalized spacial score (nSPS) is 21.0. The highest BCUT2D eigenvalue weighted by atomic mass is 19.4. The van der Waals surface area contributed by atoms with E-state index in [4.69, 9.17) is 26.1 Å². The van der Waals surface area contributed by atoms with E-state index in [1.165, 1.54) is 13.0 Å². The van der Waals surface area contributed by atoms with Crippen LogP contribution in [0, 0.1) is 0 Å². The monoisotopic (exact) mass is 440 g/mol. The summed E-state index contributed by atoms with van der Waals surface area (Å²) < 4.78 is 37.8. The van der Waals surface area contributed by atoms with Crippen LogP contribution < -0.4 is 16.8 Å². The molecule has 0 aromatic rings. The second-order valence-electron chi connectivity index (χ2n) is 6.39. The second-order valence-corrected chi connectivity index (χ2v) is 6.39. The molecule has 3 atom stereocenters. The summed E-state index contributed by atoms with van der Waals surface area (Å²) in [4.78, 5) is 35.8. The van der Waals surface area contributed by atoms with E-state index in [1.54, 1.807) is 0 Å². The highest BCUT2D eigenvalue weighted by Gasteiger charge is 2.38. The summed E-state index contributed by atoms with van der Waals surface area (Å²) in [7, 11) is 0. The molecule has 0 bridgehead atoms. The van der Waals surface area contributed by atoms with Crippen molar-refractivity contribution in [3.63, 3.8) is 0 Å². The van der Waals surface area contributed by atoms with Gasteiger partial charge in [-0.3, -0.25) is 4.79 Å². The number of ether oxygens (including phenoxy) is 1. The molecule has 0 fully saturated rings. The number of carboxylic acids is 2. The van der Waals surface area contributed by atoms with Gasteiger partial charge in [0.1, 0.15) is 0 Å². The number of nitrogens with one attached hydrogen (secondary N) is 1. The van der Waals surface area contributed by atoms with E-state index in [2.05, 4.69) is 10.3 Å². The summed E-state index contributed by atoms with van der Waals surface area (Å²) in [5, 5.41) is 19.2. The molecule has 10 nitrogen and oxygen atoms in total. The molecular formula is C17H27F3N4O6. The smallest absolute Gasteiger partial charge is 0.478 e. The van der Waals surface area contributed by atoms with Gasteiger partial charge in [-0.2, -0.15) is 13.2 Å². The number of amides is 1. The Morgan fingerprint density at radius 3 is 2.10 bits per heavy atom. The number of nitrogens with two attached hydrogens (primary N) is 2. The van der Waals surface area contributed by atoms with Gasteiger partial charge in [0.25, 0.3) is 0 Å². The van der Waals surface area contributed by atoms with Crippen molar-refractivity contribution < 1.29 is 42.5 Å². The Hall–Kier alpha value is -2.83. The number of aliphatic carboxylic acids is 2. The fraction of sp³-hybridized carbons (Fsp3) is 0.647. The van der Waals surface area contributed by atoms with Gasteiger partial charge in [-0.25, -0.2) is 14.6 Å². The number of carboxylic acid groups (broad SMARTS) is 2. The molecule has 172 valence electrons. The number of hydrogen-bond acceptors (Lipinski definition) is 5. The van der Waals surface area contributed by atoms with Crippen LogP contribution in [0.5, 0.6) is 0 Å². The highest BCUT2D eigenvalue weighted by molar-refractivity contribution is 5.87. The van der Waals surface area contributed by atoms with E-state index in [0.29, 0.717) is 0 Å². The molecule has 3 unspecified atom stereocenters. The molecule has 0 aromatic heterocycles. The van der Waals surface area contributed by atoms with E-state index < -0.39 is 36.3 Å². The first-order valence-corrected chi connectivity index (χ1v) is 8.98. The zero-order valence-corrected chi connectivity index (χ0v) is 16.8. The van der Waals surface area contributed by atoms with E-state index in [1.807, 2.05) is 13.8 Å². The summed E-state index contributed by atoms with van der Waals surface area (Å²) in [6, 6.07) is -1.19. The molecule has 1 rings (SSSR count). The van der Waals surface area contributed by atoms with Crippen LogP contribution in [0.4, 0.5) is 13.2 Å². The molecule has 1 amide bonds. The lowest BCUT2D eigenvalue weighted by atomic mass is 9.88. The molecular weight excluding hydrogens is 413 g/mol. The molecule has 0 heterocycles. The van der Waals surface area contributed by atoms with Crippen LogP contribution in [-0.4, -0.2) is 64.5 Å². The molecule has 1 aliphatic carbocycles. The number of hydrogen-bond donors (Lipinski definition) is 5. The standard InChI is InChI=1S/C15H26N4O4.C2HF3O2/c1-4-10(5-2)23-12-7-9(14(21)22)6-11(19-15(16)17)13(12)18-8(3)20;3-2(4,5)1(6)7/h6,10-13H,4-5,7H2,1-3H3,(H,18,20)(H,21,22)(H4,16,17,19);(H,6,7). The molecule has 0 aromatic carbocycles. The maximum Gasteiger partial charge on any atom is 0.490 e. The van der Waals surface area contributed by atoms with E-state index in [9.17, 15) is 27.9 Å². The summed E-state index contributed by atoms with van der Waals surface area (Å²) >= 11 is 0. The molecule has 0 aliphatic heterocycles. The molecule has 1 aliphatic rings. The van der Waals surface area contributed by atoms with Gasteiger partial charge in [-0.1, -0.05) is 13.8 Å². The maximum absolute atomic E-state index is 11.5. The fourth-order valence-corrected chi connectivity index (χ4v) is 2.66. The summed E-state index contributed by atoms with van der Waals surface area (Å²) in [6.45, 7) is 5.37. The van der Waals surface area contributed by atoms with Crippen molar-refractivity contribution in [3.05, 3.63) is 11.6 Å². The first-order chi connectivity index (χ1) is 13.7. The topological polar surface area (TPSA) is 177 Å². The number of rotatable bonds is 7. The van der Waals surface area contributed by atoms with Crippen molar-refractivity contribution in [3.8, 4) is 0 Å². The minimum absolute atomic E-state index is 0.0238. The van der Waals surface area contributed by atoms with Crippen molar-refractivity contribution in [1.82, 2.24) is 5.32 Å². The van der Waals surface area contributed by atoms with Crippen molar-refractivity contribution in [2.24, 2.45) is 16.5 Å². The van der Waals surface area contributed by atoms with Gasteiger partial charge < -0.3 is 31.7 Å². The average molecular weight is 440 g/mol. The summed E-state index contributed by atoms with van der Waals surface area (Å²) in [6.07, 6.45) is -2.38. The number of guanidine groups is 1. The van der Waals surface area contributed by atoms with Gasteiger partial charge in [0.05, 0.1) is 24.3 Å². The minimum atomic E-state index is -5.08. The van der Waals surface area contributed by atoms with Gasteiger partial charge in [-0.05, 0) is 18.9 Å². The Balaban J connectivity index is 0.00000103. The Morgan fingerprint density at radius 1 is 1.27 bits per heavy atom. The van der Waals surface area contributed by atoms with Crippen molar-refractivity contribution in [2.45, 2.75) is 70.5 Å². The van der Waals surface area contributed by atoms with Gasteiger partial charge in [-0.15, -0.1) is 0 Å². The van der Waals surface area contributed by atoms with Gasteiger partial charge >= 0.3 is 18.1 Å². The number of carbonyl (C=O) groups is 3. The summed E-state index contributed by atoms with van der Waals surface area (Å²) in [5.41, 5.74) is 11.0. The quantitative estimate of drug-likeness (QED) is 0.284. The highest BCUT2D eigenvalue weighted by Crippen LogP contribution is 2.26. The van der Waals surface area contributed by atoms with Crippen molar-refractivity contribution >= 4 is 23.8 Å². The first-order valence-electron chi connectivity index (χ1n) is 8.98. The van der Waals surface area contributed by atoms with Gasteiger partial charge in [0.15, 0.2) is 5.96 Å². The lowest BCUT2D eigenvalue weighted by Crippen LogP contribution is -2.54. The zero-order chi connectivity index (χ0) is 23.6.